The lowest BCUT2D eigenvalue weighted by atomic mass is 9.94. The van der Waals surface area contributed by atoms with E-state index >= 15 is 0 Å². The van der Waals surface area contributed by atoms with Gasteiger partial charge < -0.3 is 10.4 Å². The van der Waals surface area contributed by atoms with Crippen LogP contribution in [0.25, 0.3) is 11.3 Å². The fraction of sp³-hybridized carbons (Fsp3) is 0.450. The molecule has 1 saturated carbocycles. The topological polar surface area (TPSA) is 84.2 Å². The summed E-state index contributed by atoms with van der Waals surface area (Å²) in [6.45, 7) is 3.25. The minimum Gasteiger partial charge on any atom is -0.481 e. The molecule has 1 aliphatic rings. The van der Waals surface area contributed by atoms with E-state index in [4.69, 9.17) is 0 Å². The van der Waals surface area contributed by atoms with Crippen LogP contribution in [0.3, 0.4) is 0 Å². The van der Waals surface area contributed by atoms with Crippen LogP contribution in [-0.4, -0.2) is 33.3 Å². The van der Waals surface area contributed by atoms with Crippen LogP contribution in [0.15, 0.2) is 36.5 Å². The highest BCUT2D eigenvalue weighted by molar-refractivity contribution is 6.00. The van der Waals surface area contributed by atoms with Gasteiger partial charge in [0.2, 0.25) is 0 Å². The van der Waals surface area contributed by atoms with Gasteiger partial charge in [0.05, 0.1) is 28.9 Å². The molecule has 1 amide bonds. The monoisotopic (exact) mass is 355 g/mol. The molecule has 0 aliphatic heterocycles. The third-order valence-corrected chi connectivity index (χ3v) is 5.03. The number of carbonyl (C=O) groups excluding carboxylic acids is 1. The summed E-state index contributed by atoms with van der Waals surface area (Å²) in [5, 5.41) is 16.5. The van der Waals surface area contributed by atoms with Gasteiger partial charge in [0.25, 0.3) is 5.91 Å². The third kappa shape index (κ3) is 3.64. The fourth-order valence-electron chi connectivity index (χ4n) is 3.31. The van der Waals surface area contributed by atoms with E-state index in [-0.39, 0.29) is 12.5 Å². The van der Waals surface area contributed by atoms with Gasteiger partial charge in [0.1, 0.15) is 0 Å². The number of hydrogen-bond acceptors (Lipinski definition) is 3. The Hall–Kier alpha value is -2.63. The van der Waals surface area contributed by atoms with Gasteiger partial charge in [-0.1, -0.05) is 43.2 Å². The molecule has 1 aromatic heterocycles. The van der Waals surface area contributed by atoms with Crippen molar-refractivity contribution in [3.8, 4) is 11.3 Å². The first-order valence-electron chi connectivity index (χ1n) is 9.04. The molecular formula is C20H25N3O3. The Kier molecular flexibility index (Phi) is 5.11. The van der Waals surface area contributed by atoms with E-state index in [0.717, 1.165) is 24.1 Å². The first-order valence-corrected chi connectivity index (χ1v) is 9.04. The largest absolute Gasteiger partial charge is 0.481 e. The number of nitrogens with zero attached hydrogens (tertiary/aromatic N) is 2. The van der Waals surface area contributed by atoms with E-state index in [1.165, 1.54) is 12.8 Å². The van der Waals surface area contributed by atoms with Crippen LogP contribution in [0.4, 0.5) is 0 Å². The van der Waals surface area contributed by atoms with Crippen LogP contribution >= 0.6 is 0 Å². The number of aliphatic carboxylic acids is 1. The highest BCUT2D eigenvalue weighted by Crippen LogP contribution is 2.34. The molecule has 1 aliphatic carbocycles. The van der Waals surface area contributed by atoms with Crippen molar-refractivity contribution in [3.05, 3.63) is 42.1 Å². The highest BCUT2D eigenvalue weighted by atomic mass is 16.4. The van der Waals surface area contributed by atoms with Crippen LogP contribution in [0.2, 0.25) is 0 Å². The molecule has 1 aromatic carbocycles. The van der Waals surface area contributed by atoms with Crippen molar-refractivity contribution in [3.63, 3.8) is 0 Å². The third-order valence-electron chi connectivity index (χ3n) is 5.03. The number of rotatable bonds is 6. The average molecular weight is 355 g/mol. The maximum atomic E-state index is 12.8. The number of benzene rings is 1. The molecule has 2 N–H and O–H groups in total. The molecule has 26 heavy (non-hydrogen) atoms. The standard InChI is InChI=1S/C20H25N3O3/c1-20(2,19(25)26)13-21-18(24)16-12-22-23(15-10-6-7-11-15)17(16)14-8-4-3-5-9-14/h3-5,8-9,12,15H,6-7,10-11,13H2,1-2H3,(H,21,24)(H,25,26). The van der Waals surface area contributed by atoms with Crippen LogP contribution in [0.1, 0.15) is 55.9 Å². The molecule has 0 radical (unpaired) electrons. The summed E-state index contributed by atoms with van der Waals surface area (Å²) >= 11 is 0. The molecule has 0 atom stereocenters. The number of aromatic nitrogens is 2. The second-order valence-electron chi connectivity index (χ2n) is 7.53. The van der Waals surface area contributed by atoms with Crippen LogP contribution in [-0.2, 0) is 4.79 Å². The van der Waals surface area contributed by atoms with Crippen molar-refractivity contribution in [1.29, 1.82) is 0 Å². The van der Waals surface area contributed by atoms with E-state index in [9.17, 15) is 14.7 Å². The van der Waals surface area contributed by atoms with E-state index in [1.54, 1.807) is 20.0 Å². The Morgan fingerprint density at radius 2 is 1.88 bits per heavy atom. The number of nitrogens with one attached hydrogen (secondary N) is 1. The summed E-state index contributed by atoms with van der Waals surface area (Å²) in [6.07, 6.45) is 6.08. The summed E-state index contributed by atoms with van der Waals surface area (Å²) in [4.78, 5) is 24.0. The average Bonchev–Trinajstić information content (AvgIpc) is 3.29. The van der Waals surface area contributed by atoms with E-state index < -0.39 is 11.4 Å². The molecular weight excluding hydrogens is 330 g/mol. The number of carbonyl (C=O) groups is 2. The summed E-state index contributed by atoms with van der Waals surface area (Å²) < 4.78 is 1.97. The van der Waals surface area contributed by atoms with Crippen LogP contribution in [0.5, 0.6) is 0 Å². The summed E-state index contributed by atoms with van der Waals surface area (Å²) in [5.41, 5.74) is 1.22. The highest BCUT2D eigenvalue weighted by Gasteiger charge is 2.30. The SMILES string of the molecule is CC(C)(CNC(=O)c1cnn(C2CCCC2)c1-c1ccccc1)C(=O)O. The Morgan fingerprint density at radius 1 is 1.23 bits per heavy atom. The minimum atomic E-state index is -1.02. The van der Waals surface area contributed by atoms with Crippen LogP contribution < -0.4 is 5.32 Å². The normalized spacial score (nSPS) is 15.2. The second-order valence-corrected chi connectivity index (χ2v) is 7.53. The molecule has 0 unspecified atom stereocenters. The number of carboxylic acid groups (broad SMARTS) is 1. The molecule has 2 aromatic rings. The second kappa shape index (κ2) is 7.32. The van der Waals surface area contributed by atoms with Gasteiger partial charge in [-0.3, -0.25) is 14.3 Å². The van der Waals surface area contributed by atoms with Gasteiger partial charge in [-0.2, -0.15) is 5.10 Å². The lowest BCUT2D eigenvalue weighted by Crippen LogP contribution is -2.39. The lowest BCUT2D eigenvalue weighted by Gasteiger charge is -2.20. The first-order chi connectivity index (χ1) is 12.4. The summed E-state index contributed by atoms with van der Waals surface area (Å²) in [5.74, 6) is -1.23. The molecule has 0 saturated heterocycles. The lowest BCUT2D eigenvalue weighted by molar-refractivity contribution is -0.146. The van der Waals surface area contributed by atoms with Gasteiger partial charge in [-0.05, 0) is 26.7 Å². The molecule has 138 valence electrons. The first kappa shape index (κ1) is 18.2. The van der Waals surface area contributed by atoms with E-state index in [2.05, 4.69) is 10.4 Å². The molecule has 6 heteroatoms. The number of hydrogen-bond donors (Lipinski definition) is 2. The molecule has 6 nitrogen and oxygen atoms in total. The Morgan fingerprint density at radius 3 is 2.50 bits per heavy atom. The fourth-order valence-corrected chi connectivity index (χ4v) is 3.31. The Labute approximate surface area is 153 Å². The molecule has 1 heterocycles. The maximum absolute atomic E-state index is 12.8. The zero-order valence-corrected chi connectivity index (χ0v) is 15.2. The zero-order valence-electron chi connectivity index (χ0n) is 15.2. The number of amides is 1. The van der Waals surface area contributed by atoms with Crippen molar-refractivity contribution in [2.45, 2.75) is 45.6 Å². The van der Waals surface area contributed by atoms with Gasteiger partial charge in [0.15, 0.2) is 0 Å². The molecule has 0 bridgehead atoms. The van der Waals surface area contributed by atoms with Crippen molar-refractivity contribution >= 4 is 11.9 Å². The van der Waals surface area contributed by atoms with Gasteiger partial charge >= 0.3 is 5.97 Å². The molecule has 3 rings (SSSR count). The van der Waals surface area contributed by atoms with E-state index in [0.29, 0.717) is 11.6 Å². The van der Waals surface area contributed by atoms with Gasteiger partial charge in [-0.25, -0.2) is 0 Å². The predicted molar refractivity (Wildman–Crippen MR) is 98.9 cm³/mol. The Balaban J connectivity index is 1.91. The minimum absolute atomic E-state index is 0.0595. The maximum Gasteiger partial charge on any atom is 0.310 e. The smallest absolute Gasteiger partial charge is 0.310 e. The summed E-state index contributed by atoms with van der Waals surface area (Å²) in [6, 6.07) is 10.1. The van der Waals surface area contributed by atoms with Gasteiger partial charge in [0, 0.05) is 12.1 Å². The quantitative estimate of drug-likeness (QED) is 0.830. The van der Waals surface area contributed by atoms with Crippen molar-refractivity contribution in [1.82, 2.24) is 15.1 Å². The molecule has 1 fully saturated rings. The predicted octanol–water partition coefficient (Wildman–Crippen LogP) is 3.51. The van der Waals surface area contributed by atoms with Crippen molar-refractivity contribution in [2.75, 3.05) is 6.54 Å². The zero-order chi connectivity index (χ0) is 18.7. The Bertz CT molecular complexity index is 790. The molecule has 0 spiro atoms. The van der Waals surface area contributed by atoms with Crippen LogP contribution in [0, 0.1) is 5.41 Å². The van der Waals surface area contributed by atoms with Gasteiger partial charge in [-0.15, -0.1) is 0 Å². The summed E-state index contributed by atoms with van der Waals surface area (Å²) in [7, 11) is 0. The van der Waals surface area contributed by atoms with Crippen molar-refractivity contribution in [2.24, 2.45) is 5.41 Å². The van der Waals surface area contributed by atoms with E-state index in [1.807, 2.05) is 35.0 Å². The number of carboxylic acids is 1. The van der Waals surface area contributed by atoms with Crippen molar-refractivity contribution < 1.29 is 14.7 Å².